The summed E-state index contributed by atoms with van der Waals surface area (Å²) in [5.74, 6) is 1.56. The molecule has 0 bridgehead atoms. The maximum atomic E-state index is 13.0. The number of hydrogen-bond acceptors (Lipinski definition) is 5. The van der Waals surface area contributed by atoms with Gasteiger partial charge in [0.1, 0.15) is 0 Å². The Kier molecular flexibility index (Phi) is 4.85. The summed E-state index contributed by atoms with van der Waals surface area (Å²) in [6, 6.07) is 3.47. The van der Waals surface area contributed by atoms with E-state index in [2.05, 4.69) is 5.32 Å². The van der Waals surface area contributed by atoms with Crippen LogP contribution < -0.4 is 19.5 Å². The fraction of sp³-hybridized carbons (Fsp3) is 0.611. The smallest absolute Gasteiger partial charge is 0.254 e. The van der Waals surface area contributed by atoms with Crippen LogP contribution in [0.3, 0.4) is 0 Å². The van der Waals surface area contributed by atoms with Crippen LogP contribution in [-0.4, -0.2) is 58.3 Å². The number of piperidine rings is 1. The van der Waals surface area contributed by atoms with Crippen molar-refractivity contribution in [1.82, 2.24) is 10.2 Å². The van der Waals surface area contributed by atoms with Crippen molar-refractivity contribution >= 4 is 5.91 Å². The van der Waals surface area contributed by atoms with Gasteiger partial charge >= 0.3 is 0 Å². The number of rotatable bonds is 4. The zero-order valence-electron chi connectivity index (χ0n) is 14.7. The van der Waals surface area contributed by atoms with Gasteiger partial charge in [-0.3, -0.25) is 4.79 Å². The lowest BCUT2D eigenvalue weighted by atomic mass is 9.78. The maximum absolute atomic E-state index is 13.0. The normalized spacial score (nSPS) is 19.4. The summed E-state index contributed by atoms with van der Waals surface area (Å²) in [7, 11) is 4.68. The minimum Gasteiger partial charge on any atom is -0.493 e. The molecule has 1 N–H and O–H groups in total. The Bertz CT molecular complexity index is 586. The first-order valence-corrected chi connectivity index (χ1v) is 8.42. The Morgan fingerprint density at radius 2 is 1.67 bits per heavy atom. The molecule has 0 saturated carbocycles. The molecule has 1 amide bonds. The highest BCUT2D eigenvalue weighted by Crippen LogP contribution is 2.41. The highest BCUT2D eigenvalue weighted by Gasteiger charge is 2.40. The molecule has 0 aliphatic carbocycles. The van der Waals surface area contributed by atoms with Crippen LogP contribution in [0.15, 0.2) is 12.1 Å². The van der Waals surface area contributed by atoms with Crippen molar-refractivity contribution in [3.63, 3.8) is 0 Å². The molecule has 132 valence electrons. The van der Waals surface area contributed by atoms with Crippen LogP contribution in [0.2, 0.25) is 0 Å². The first-order valence-electron chi connectivity index (χ1n) is 8.42. The lowest BCUT2D eigenvalue weighted by Crippen LogP contribution is -2.39. The fourth-order valence-corrected chi connectivity index (χ4v) is 3.86. The first-order chi connectivity index (χ1) is 11.6. The second-order valence-electron chi connectivity index (χ2n) is 6.64. The van der Waals surface area contributed by atoms with E-state index in [1.807, 2.05) is 4.90 Å². The number of hydrogen-bond donors (Lipinski definition) is 1. The van der Waals surface area contributed by atoms with E-state index in [1.165, 1.54) is 0 Å². The summed E-state index contributed by atoms with van der Waals surface area (Å²) in [5, 5.41) is 3.40. The number of carbonyl (C=O) groups is 1. The van der Waals surface area contributed by atoms with Gasteiger partial charge in [-0.2, -0.15) is 0 Å². The zero-order chi connectivity index (χ0) is 17.2. The molecular formula is C18H26N2O4. The second kappa shape index (κ2) is 6.89. The Labute approximate surface area is 143 Å². The van der Waals surface area contributed by atoms with Gasteiger partial charge in [0.05, 0.1) is 21.3 Å². The Balaban J connectivity index is 1.82. The van der Waals surface area contributed by atoms with Gasteiger partial charge in [-0.15, -0.1) is 0 Å². The van der Waals surface area contributed by atoms with Gasteiger partial charge in [0, 0.05) is 18.7 Å². The van der Waals surface area contributed by atoms with Gasteiger partial charge in [-0.05, 0) is 49.9 Å². The molecule has 0 aromatic heterocycles. The van der Waals surface area contributed by atoms with Crippen LogP contribution >= 0.6 is 0 Å². The summed E-state index contributed by atoms with van der Waals surface area (Å²) in [6.45, 7) is 3.75. The first kappa shape index (κ1) is 16.9. The molecule has 2 fully saturated rings. The molecule has 2 heterocycles. The number of carbonyl (C=O) groups excluding carboxylic acids is 1. The van der Waals surface area contributed by atoms with E-state index in [1.54, 1.807) is 33.5 Å². The predicted octanol–water partition coefficient (Wildman–Crippen LogP) is 1.93. The Morgan fingerprint density at radius 3 is 2.21 bits per heavy atom. The van der Waals surface area contributed by atoms with Crippen LogP contribution in [0.4, 0.5) is 0 Å². The molecule has 2 saturated heterocycles. The lowest BCUT2D eigenvalue weighted by Gasteiger charge is -2.33. The molecule has 24 heavy (non-hydrogen) atoms. The highest BCUT2D eigenvalue weighted by atomic mass is 16.5. The number of nitrogens with zero attached hydrogens (tertiary/aromatic N) is 1. The van der Waals surface area contributed by atoms with Crippen molar-refractivity contribution in [3.05, 3.63) is 17.7 Å². The van der Waals surface area contributed by atoms with Crippen LogP contribution in [0.1, 0.15) is 29.6 Å². The molecule has 0 unspecified atom stereocenters. The van der Waals surface area contributed by atoms with Gasteiger partial charge in [-0.1, -0.05) is 0 Å². The topological polar surface area (TPSA) is 60.0 Å². The molecule has 1 spiro atoms. The van der Waals surface area contributed by atoms with Crippen molar-refractivity contribution in [2.75, 3.05) is 47.5 Å². The zero-order valence-corrected chi connectivity index (χ0v) is 14.7. The minimum absolute atomic E-state index is 0.0321. The minimum atomic E-state index is 0.0321. The average molecular weight is 334 g/mol. The third-order valence-corrected chi connectivity index (χ3v) is 5.30. The number of methoxy groups -OCH3 is 3. The van der Waals surface area contributed by atoms with Crippen molar-refractivity contribution in [2.45, 2.75) is 19.3 Å². The quantitative estimate of drug-likeness (QED) is 0.912. The molecule has 0 atom stereocenters. The van der Waals surface area contributed by atoms with Gasteiger partial charge in [0.15, 0.2) is 11.5 Å². The van der Waals surface area contributed by atoms with Crippen LogP contribution in [0, 0.1) is 5.41 Å². The highest BCUT2D eigenvalue weighted by molar-refractivity contribution is 5.96. The Hall–Kier alpha value is -1.95. The SMILES string of the molecule is COc1cc(C(=O)N2CCC3(CCNCC3)C2)cc(OC)c1OC. The van der Waals surface area contributed by atoms with Crippen molar-refractivity contribution in [1.29, 1.82) is 0 Å². The third kappa shape index (κ3) is 3.02. The standard InChI is InChI=1S/C18H26N2O4/c1-22-14-10-13(11-15(23-2)16(14)24-3)17(21)20-9-6-18(12-20)4-7-19-8-5-18/h10-11,19H,4-9,12H2,1-3H3. The molecule has 2 aliphatic heterocycles. The number of amides is 1. The van der Waals surface area contributed by atoms with Crippen LogP contribution in [0.5, 0.6) is 17.2 Å². The number of ether oxygens (including phenoxy) is 3. The summed E-state index contributed by atoms with van der Waals surface area (Å²) in [6.07, 6.45) is 3.38. The molecule has 3 rings (SSSR count). The predicted molar refractivity (Wildman–Crippen MR) is 91.2 cm³/mol. The van der Waals surface area contributed by atoms with Crippen LogP contribution in [-0.2, 0) is 0 Å². The molecule has 1 aromatic rings. The van der Waals surface area contributed by atoms with Crippen molar-refractivity contribution in [2.24, 2.45) is 5.41 Å². The number of nitrogens with one attached hydrogen (secondary N) is 1. The molecular weight excluding hydrogens is 308 g/mol. The van der Waals surface area contributed by atoms with Crippen LogP contribution in [0.25, 0.3) is 0 Å². The van der Waals surface area contributed by atoms with E-state index in [9.17, 15) is 4.79 Å². The number of benzene rings is 1. The number of likely N-dealkylation sites (tertiary alicyclic amines) is 1. The summed E-state index contributed by atoms with van der Waals surface area (Å²) in [5.41, 5.74) is 0.872. The van der Waals surface area contributed by atoms with E-state index in [0.29, 0.717) is 28.2 Å². The maximum Gasteiger partial charge on any atom is 0.254 e. The molecule has 6 nitrogen and oxygen atoms in total. The van der Waals surface area contributed by atoms with Gasteiger partial charge in [0.2, 0.25) is 5.75 Å². The lowest BCUT2D eigenvalue weighted by molar-refractivity contribution is 0.0761. The van der Waals surface area contributed by atoms with Crippen molar-refractivity contribution in [3.8, 4) is 17.2 Å². The second-order valence-corrected chi connectivity index (χ2v) is 6.64. The van der Waals surface area contributed by atoms with E-state index in [4.69, 9.17) is 14.2 Å². The largest absolute Gasteiger partial charge is 0.493 e. The van der Waals surface area contributed by atoms with E-state index >= 15 is 0 Å². The van der Waals surface area contributed by atoms with Gasteiger partial charge in [0.25, 0.3) is 5.91 Å². The van der Waals surface area contributed by atoms with Gasteiger partial charge < -0.3 is 24.4 Å². The molecule has 6 heteroatoms. The van der Waals surface area contributed by atoms with Crippen molar-refractivity contribution < 1.29 is 19.0 Å². The summed E-state index contributed by atoms with van der Waals surface area (Å²) < 4.78 is 16.0. The van der Waals surface area contributed by atoms with E-state index in [-0.39, 0.29) is 5.91 Å². The third-order valence-electron chi connectivity index (χ3n) is 5.30. The van der Waals surface area contributed by atoms with E-state index < -0.39 is 0 Å². The van der Waals surface area contributed by atoms with E-state index in [0.717, 1.165) is 45.4 Å². The fourth-order valence-electron chi connectivity index (χ4n) is 3.86. The average Bonchev–Trinajstić information content (AvgIpc) is 3.03. The molecule has 2 aliphatic rings. The summed E-state index contributed by atoms with van der Waals surface area (Å²) in [4.78, 5) is 14.9. The monoisotopic (exact) mass is 334 g/mol. The van der Waals surface area contributed by atoms with Gasteiger partial charge in [-0.25, -0.2) is 0 Å². The Morgan fingerprint density at radius 1 is 1.04 bits per heavy atom. The summed E-state index contributed by atoms with van der Waals surface area (Å²) >= 11 is 0. The molecule has 0 radical (unpaired) electrons. The molecule has 1 aromatic carbocycles.